The van der Waals surface area contributed by atoms with Crippen LogP contribution in [0.25, 0.3) is 6.08 Å². The quantitative estimate of drug-likeness (QED) is 0.682. The number of carboxylic acids is 1. The smallest absolute Gasteiger partial charge is 0.320 e. The molecule has 0 bridgehead atoms. The van der Waals surface area contributed by atoms with Crippen molar-refractivity contribution in [3.8, 4) is 5.88 Å². The largest absolute Gasteiger partial charge is 0.481 e. The molecule has 0 unspecified atom stereocenters. The number of ether oxygens (including phenoxy) is 1. The van der Waals surface area contributed by atoms with E-state index in [1.54, 1.807) is 28.1 Å². The fourth-order valence-electron chi connectivity index (χ4n) is 4.34. The van der Waals surface area contributed by atoms with Gasteiger partial charge in [-0.2, -0.15) is 0 Å². The number of nitrogens with zero attached hydrogens (tertiary/aromatic N) is 4. The number of methoxy groups -OCH3 is 1. The summed E-state index contributed by atoms with van der Waals surface area (Å²) in [4.78, 5) is 36.7. The number of urea groups is 1. The van der Waals surface area contributed by atoms with Crippen molar-refractivity contribution in [3.63, 3.8) is 0 Å². The number of aryl methyl sites for hydroxylation is 2. The minimum atomic E-state index is -0.963. The molecule has 2 aromatic heterocycles. The molecule has 1 N–H and O–H groups in total. The highest BCUT2D eigenvalue weighted by Gasteiger charge is 2.35. The Labute approximate surface area is 187 Å². The van der Waals surface area contributed by atoms with Crippen molar-refractivity contribution in [2.24, 2.45) is 0 Å². The van der Waals surface area contributed by atoms with Gasteiger partial charge in [0.2, 0.25) is 5.88 Å². The summed E-state index contributed by atoms with van der Waals surface area (Å²) in [5, 5.41) is 9.40. The lowest BCUT2D eigenvalue weighted by Crippen LogP contribution is -2.35. The van der Waals surface area contributed by atoms with Crippen LogP contribution in [0.4, 0.5) is 4.79 Å². The zero-order valence-electron chi connectivity index (χ0n) is 18.2. The predicted octanol–water partition coefficient (Wildman–Crippen LogP) is 3.33. The Morgan fingerprint density at radius 3 is 2.81 bits per heavy atom. The van der Waals surface area contributed by atoms with Crippen molar-refractivity contribution >= 4 is 18.1 Å². The first-order chi connectivity index (χ1) is 15.5. The molecule has 4 rings (SSSR count). The highest BCUT2D eigenvalue weighted by Crippen LogP contribution is 2.29. The SMILES string of the molecule is COc1ccc([C@H](CC(=O)O)N2CCN(C/C=C/c3ccc4c(n3)CCCC4)C2=O)cn1. The van der Waals surface area contributed by atoms with Gasteiger partial charge in [0.25, 0.3) is 0 Å². The summed E-state index contributed by atoms with van der Waals surface area (Å²) in [6.07, 6.45) is 9.84. The van der Waals surface area contributed by atoms with Crippen LogP contribution in [0.3, 0.4) is 0 Å². The first-order valence-electron chi connectivity index (χ1n) is 11.0. The Morgan fingerprint density at radius 2 is 2.06 bits per heavy atom. The molecule has 0 saturated carbocycles. The number of amides is 2. The van der Waals surface area contributed by atoms with E-state index in [1.807, 2.05) is 18.2 Å². The standard InChI is InChI=1S/C24H28N4O4/c1-32-22-11-9-18(16-25-22)21(15-23(29)30)28-14-13-27(24(28)31)12-4-6-19-10-8-17-5-2-3-7-20(17)26-19/h4,6,8-11,16,21H,2-3,5,7,12-15H2,1H3,(H,29,30)/b6-4+/t21-/m0/s1. The van der Waals surface area contributed by atoms with E-state index in [1.165, 1.54) is 31.2 Å². The molecule has 1 aliphatic carbocycles. The molecule has 0 aromatic carbocycles. The van der Waals surface area contributed by atoms with E-state index >= 15 is 0 Å². The molecule has 1 fully saturated rings. The second-order valence-electron chi connectivity index (χ2n) is 8.12. The van der Waals surface area contributed by atoms with Crippen molar-refractivity contribution in [2.45, 2.75) is 38.1 Å². The predicted molar refractivity (Wildman–Crippen MR) is 119 cm³/mol. The zero-order chi connectivity index (χ0) is 22.5. The first-order valence-corrected chi connectivity index (χ1v) is 11.0. The van der Waals surface area contributed by atoms with Crippen molar-refractivity contribution in [1.82, 2.24) is 19.8 Å². The van der Waals surface area contributed by atoms with Gasteiger partial charge in [0.15, 0.2) is 0 Å². The minimum Gasteiger partial charge on any atom is -0.481 e. The number of aliphatic carboxylic acids is 1. The van der Waals surface area contributed by atoms with Gasteiger partial charge in [0.1, 0.15) is 0 Å². The lowest BCUT2D eigenvalue weighted by atomic mass is 9.96. The minimum absolute atomic E-state index is 0.171. The van der Waals surface area contributed by atoms with Gasteiger partial charge in [-0.1, -0.05) is 18.2 Å². The Bertz CT molecular complexity index is 1010. The molecular weight excluding hydrogens is 408 g/mol. The van der Waals surface area contributed by atoms with E-state index in [2.05, 4.69) is 11.1 Å². The van der Waals surface area contributed by atoms with Crippen LogP contribution in [-0.2, 0) is 17.6 Å². The molecule has 2 aliphatic rings. The molecule has 0 radical (unpaired) electrons. The maximum Gasteiger partial charge on any atom is 0.320 e. The Morgan fingerprint density at radius 1 is 1.22 bits per heavy atom. The van der Waals surface area contributed by atoms with E-state index < -0.39 is 12.0 Å². The summed E-state index contributed by atoms with van der Waals surface area (Å²) in [6, 6.07) is 6.87. The molecule has 0 spiro atoms. The number of aromatic nitrogens is 2. The van der Waals surface area contributed by atoms with Gasteiger partial charge in [0, 0.05) is 37.6 Å². The Kier molecular flexibility index (Phi) is 6.68. The van der Waals surface area contributed by atoms with Gasteiger partial charge in [-0.25, -0.2) is 9.78 Å². The summed E-state index contributed by atoms with van der Waals surface area (Å²) in [6.45, 7) is 1.46. The van der Waals surface area contributed by atoms with Gasteiger partial charge in [0.05, 0.1) is 25.3 Å². The van der Waals surface area contributed by atoms with Crippen LogP contribution in [0, 0.1) is 0 Å². The number of carbonyl (C=O) groups is 2. The van der Waals surface area contributed by atoms with Crippen molar-refractivity contribution < 1.29 is 19.4 Å². The number of pyridine rings is 2. The highest BCUT2D eigenvalue weighted by atomic mass is 16.5. The second-order valence-corrected chi connectivity index (χ2v) is 8.12. The van der Waals surface area contributed by atoms with Crippen LogP contribution in [0.15, 0.2) is 36.5 Å². The third kappa shape index (κ3) is 4.90. The van der Waals surface area contributed by atoms with E-state index in [0.717, 1.165) is 18.5 Å². The Hall–Kier alpha value is -3.42. The average molecular weight is 437 g/mol. The van der Waals surface area contributed by atoms with Gasteiger partial charge < -0.3 is 19.6 Å². The maximum atomic E-state index is 13.0. The fourth-order valence-corrected chi connectivity index (χ4v) is 4.34. The summed E-state index contributed by atoms with van der Waals surface area (Å²) < 4.78 is 5.08. The van der Waals surface area contributed by atoms with Crippen molar-refractivity contribution in [2.75, 3.05) is 26.7 Å². The molecule has 168 valence electrons. The Balaban J connectivity index is 1.42. The topological polar surface area (TPSA) is 95.9 Å². The van der Waals surface area contributed by atoms with Crippen LogP contribution in [-0.4, -0.2) is 63.6 Å². The van der Waals surface area contributed by atoms with Crippen LogP contribution < -0.4 is 4.74 Å². The molecule has 32 heavy (non-hydrogen) atoms. The summed E-state index contributed by atoms with van der Waals surface area (Å²) in [5.41, 5.74) is 4.11. The van der Waals surface area contributed by atoms with E-state index in [4.69, 9.17) is 9.72 Å². The number of carboxylic acid groups (broad SMARTS) is 1. The van der Waals surface area contributed by atoms with Crippen LogP contribution >= 0.6 is 0 Å². The zero-order valence-corrected chi connectivity index (χ0v) is 18.2. The van der Waals surface area contributed by atoms with E-state index in [9.17, 15) is 14.7 Å². The van der Waals surface area contributed by atoms with Crippen LogP contribution in [0.5, 0.6) is 5.88 Å². The number of hydrogen-bond acceptors (Lipinski definition) is 5. The maximum absolute atomic E-state index is 13.0. The normalized spacial score (nSPS) is 17.0. The number of rotatable bonds is 8. The first kappa shape index (κ1) is 21.8. The molecule has 8 heteroatoms. The molecule has 8 nitrogen and oxygen atoms in total. The monoisotopic (exact) mass is 436 g/mol. The summed E-state index contributed by atoms with van der Waals surface area (Å²) in [5.74, 6) is -0.520. The molecule has 2 aromatic rings. The van der Waals surface area contributed by atoms with Gasteiger partial charge in [-0.05, 0) is 49.0 Å². The molecule has 1 saturated heterocycles. The highest BCUT2D eigenvalue weighted by molar-refractivity contribution is 5.78. The van der Waals surface area contributed by atoms with E-state index in [-0.39, 0.29) is 12.5 Å². The average Bonchev–Trinajstić information content (AvgIpc) is 3.17. The number of carbonyl (C=O) groups excluding carboxylic acids is 1. The van der Waals surface area contributed by atoms with Gasteiger partial charge >= 0.3 is 12.0 Å². The van der Waals surface area contributed by atoms with Crippen molar-refractivity contribution in [1.29, 1.82) is 0 Å². The number of fused-ring (bicyclic) bond motifs is 1. The van der Waals surface area contributed by atoms with Crippen molar-refractivity contribution in [3.05, 3.63) is 59.1 Å². The third-order valence-corrected chi connectivity index (χ3v) is 6.04. The molecule has 1 aliphatic heterocycles. The third-order valence-electron chi connectivity index (χ3n) is 6.04. The van der Waals surface area contributed by atoms with Crippen LogP contribution in [0.1, 0.15) is 47.8 Å². The molecular formula is C24H28N4O4. The molecule has 3 heterocycles. The number of hydrogen-bond donors (Lipinski definition) is 1. The summed E-state index contributed by atoms with van der Waals surface area (Å²) in [7, 11) is 1.52. The summed E-state index contributed by atoms with van der Waals surface area (Å²) >= 11 is 0. The van der Waals surface area contributed by atoms with E-state index in [0.29, 0.717) is 31.1 Å². The lowest BCUT2D eigenvalue weighted by molar-refractivity contribution is -0.138. The fraction of sp³-hybridized carbons (Fsp3) is 0.417. The molecule has 2 amide bonds. The lowest BCUT2D eigenvalue weighted by Gasteiger charge is -2.27. The van der Waals surface area contributed by atoms with Crippen LogP contribution in [0.2, 0.25) is 0 Å². The van der Waals surface area contributed by atoms with Gasteiger partial charge in [-0.3, -0.25) is 9.78 Å². The second kappa shape index (κ2) is 9.80. The van der Waals surface area contributed by atoms with Gasteiger partial charge in [-0.15, -0.1) is 0 Å². The molecule has 1 atom stereocenters.